The second-order valence-electron chi connectivity index (χ2n) is 8.67. The molecule has 0 amide bonds. The highest BCUT2D eigenvalue weighted by Crippen LogP contribution is 2.32. The summed E-state index contributed by atoms with van der Waals surface area (Å²) in [5, 5.41) is 16.6. The lowest BCUT2D eigenvalue weighted by molar-refractivity contribution is 0.0697. The van der Waals surface area contributed by atoms with Crippen molar-refractivity contribution in [3.05, 3.63) is 61.5 Å². The number of halogens is 2. The zero-order chi connectivity index (χ0) is 26.3. The molecule has 2 aliphatic heterocycles. The number of hydrogen-bond donors (Lipinski definition) is 2. The smallest absolute Gasteiger partial charge is 0.337 e. The molecule has 2 N–H and O–H groups in total. The maximum Gasteiger partial charge on any atom is 0.337 e. The molecule has 37 heavy (non-hydrogen) atoms. The van der Waals surface area contributed by atoms with Crippen LogP contribution in [-0.2, 0) is 16.8 Å². The summed E-state index contributed by atoms with van der Waals surface area (Å²) in [5.41, 5.74) is -0.260. The molecule has 2 fully saturated rings. The number of rotatable bonds is 8. The highest BCUT2D eigenvalue weighted by Gasteiger charge is 2.42. The van der Waals surface area contributed by atoms with Gasteiger partial charge in [0.05, 0.1) is 27.0 Å². The monoisotopic (exact) mass is 584 g/mol. The van der Waals surface area contributed by atoms with Crippen LogP contribution >= 0.6 is 34.5 Å². The molecule has 0 saturated carbocycles. The van der Waals surface area contributed by atoms with Gasteiger partial charge >= 0.3 is 5.97 Å². The van der Waals surface area contributed by atoms with Gasteiger partial charge in [0.2, 0.25) is 5.95 Å². The van der Waals surface area contributed by atoms with E-state index in [2.05, 4.69) is 15.4 Å². The molecule has 0 atom stereocenters. The van der Waals surface area contributed by atoms with Crippen LogP contribution in [0, 0.1) is 0 Å². The van der Waals surface area contributed by atoms with E-state index in [1.165, 1.54) is 38.1 Å². The fourth-order valence-electron chi connectivity index (χ4n) is 4.22. The van der Waals surface area contributed by atoms with E-state index in [-0.39, 0.29) is 41.1 Å². The van der Waals surface area contributed by atoms with Gasteiger partial charge in [-0.15, -0.1) is 16.4 Å². The number of carboxylic acid groups (broad SMARTS) is 1. The average Bonchev–Trinajstić information content (AvgIpc) is 3.58. The molecule has 1 aromatic carbocycles. The molecule has 5 rings (SSSR count). The van der Waals surface area contributed by atoms with Crippen LogP contribution in [0.4, 0.5) is 5.95 Å². The lowest BCUT2D eigenvalue weighted by atomic mass is 10.0. The van der Waals surface area contributed by atoms with E-state index in [1.807, 2.05) is 6.07 Å². The molecule has 15 heteroatoms. The van der Waals surface area contributed by atoms with Crippen LogP contribution in [0.15, 0.2) is 30.3 Å². The van der Waals surface area contributed by atoms with Gasteiger partial charge in [-0.05, 0) is 37.1 Å². The Bertz CT molecular complexity index is 1460. The van der Waals surface area contributed by atoms with Gasteiger partial charge in [0, 0.05) is 37.0 Å². The highest BCUT2D eigenvalue weighted by molar-refractivity contribution is 7.86. The zero-order valence-corrected chi connectivity index (χ0v) is 22.4. The Hall–Kier alpha value is -2.55. The average molecular weight is 585 g/mol. The molecule has 4 heterocycles. The third kappa shape index (κ3) is 5.11. The van der Waals surface area contributed by atoms with Crippen LogP contribution < -0.4 is 5.32 Å². The maximum absolute atomic E-state index is 13.4. The van der Waals surface area contributed by atoms with Crippen molar-refractivity contribution >= 4 is 62.6 Å². The van der Waals surface area contributed by atoms with Crippen LogP contribution in [0.5, 0.6) is 0 Å². The minimum absolute atomic E-state index is 0.0490. The van der Waals surface area contributed by atoms with E-state index < -0.39 is 22.1 Å². The van der Waals surface area contributed by atoms with E-state index in [1.54, 1.807) is 6.07 Å². The van der Waals surface area contributed by atoms with Crippen molar-refractivity contribution in [2.24, 2.45) is 0 Å². The third-order valence-electron chi connectivity index (χ3n) is 6.26. The zero-order valence-electron chi connectivity index (χ0n) is 19.3. The summed E-state index contributed by atoms with van der Waals surface area (Å²) in [5.74, 6) is -1.80. The molecule has 3 aromatic rings. The van der Waals surface area contributed by atoms with Crippen molar-refractivity contribution in [2.75, 3.05) is 31.5 Å². The SMILES string of the molecule is O=C(O)c1cccc(C(=O)n2nc(C3CN(S(=O)(=O)N4CCCC4)C3)nc2NCc2ccc(Cl)s2)c1Cl. The molecule has 2 aliphatic rings. The van der Waals surface area contributed by atoms with Crippen molar-refractivity contribution in [1.82, 2.24) is 23.4 Å². The van der Waals surface area contributed by atoms with E-state index >= 15 is 0 Å². The minimum Gasteiger partial charge on any atom is -0.478 e. The molecule has 2 saturated heterocycles. The Morgan fingerprint density at radius 3 is 2.43 bits per heavy atom. The summed E-state index contributed by atoms with van der Waals surface area (Å²) >= 11 is 13.6. The van der Waals surface area contributed by atoms with E-state index in [0.29, 0.717) is 29.8 Å². The second-order valence-corrected chi connectivity index (χ2v) is 12.8. The number of carbonyl (C=O) groups is 2. The number of nitrogens with zero attached hydrogens (tertiary/aromatic N) is 5. The van der Waals surface area contributed by atoms with Gasteiger partial charge in [0.25, 0.3) is 16.1 Å². The molecule has 2 aromatic heterocycles. The van der Waals surface area contributed by atoms with Crippen molar-refractivity contribution in [3.63, 3.8) is 0 Å². The highest BCUT2D eigenvalue weighted by atomic mass is 35.5. The number of benzene rings is 1. The van der Waals surface area contributed by atoms with Crippen molar-refractivity contribution in [2.45, 2.75) is 25.3 Å². The van der Waals surface area contributed by atoms with Crippen molar-refractivity contribution < 1.29 is 23.1 Å². The summed E-state index contributed by atoms with van der Waals surface area (Å²) in [6, 6.07) is 7.73. The van der Waals surface area contributed by atoms with E-state index in [9.17, 15) is 23.1 Å². The van der Waals surface area contributed by atoms with Crippen LogP contribution in [-0.4, -0.2) is 75.0 Å². The Labute approximate surface area is 226 Å². The molecule has 0 radical (unpaired) electrons. The summed E-state index contributed by atoms with van der Waals surface area (Å²) in [6.45, 7) is 1.74. The lowest BCUT2D eigenvalue weighted by Crippen LogP contribution is -2.53. The van der Waals surface area contributed by atoms with Gasteiger partial charge in [0.1, 0.15) is 0 Å². The van der Waals surface area contributed by atoms with Gasteiger partial charge in [0.15, 0.2) is 5.82 Å². The van der Waals surface area contributed by atoms with Crippen molar-refractivity contribution in [1.29, 1.82) is 0 Å². The summed E-state index contributed by atoms with van der Waals surface area (Å²) in [4.78, 5) is 30.3. The largest absolute Gasteiger partial charge is 0.478 e. The molecule has 0 aliphatic carbocycles. The molecular formula is C22H22Cl2N6O5S2. The quantitative estimate of drug-likeness (QED) is 0.411. The number of nitrogens with one attached hydrogen (secondary N) is 1. The topological polar surface area (TPSA) is 138 Å². The third-order valence-corrected chi connectivity index (χ3v) is 9.86. The van der Waals surface area contributed by atoms with Gasteiger partial charge in [-0.25, -0.2) is 4.79 Å². The first-order valence-corrected chi connectivity index (χ1v) is 14.4. The Kier molecular flexibility index (Phi) is 7.27. The number of hydrogen-bond acceptors (Lipinski definition) is 8. The Morgan fingerprint density at radius 2 is 1.78 bits per heavy atom. The summed E-state index contributed by atoms with van der Waals surface area (Å²) in [6.07, 6.45) is 1.70. The number of thiophene rings is 1. The van der Waals surface area contributed by atoms with Crippen LogP contribution in [0.1, 0.15) is 50.2 Å². The first-order valence-electron chi connectivity index (χ1n) is 11.4. The molecule has 11 nitrogen and oxygen atoms in total. The Morgan fingerprint density at radius 1 is 1.08 bits per heavy atom. The Balaban J connectivity index is 1.41. The summed E-state index contributed by atoms with van der Waals surface area (Å²) in [7, 11) is -3.53. The minimum atomic E-state index is -3.53. The molecule has 196 valence electrons. The molecule has 0 spiro atoms. The number of carbonyl (C=O) groups excluding carboxylic acids is 1. The summed E-state index contributed by atoms with van der Waals surface area (Å²) < 4.78 is 30.1. The predicted octanol–water partition coefficient (Wildman–Crippen LogP) is 3.39. The standard InChI is InChI=1S/C22H22Cl2N6O5S2/c23-17-7-6-14(36-17)10-25-22-26-19(13-11-29(12-13)37(34,35)28-8-1-2-9-28)27-30(22)20(31)15-4-3-5-16(18(15)24)21(32)33/h3-7,13H,1-2,8-12H2,(H,32,33)(H,25,26,27). The lowest BCUT2D eigenvalue weighted by Gasteiger charge is -2.38. The van der Waals surface area contributed by atoms with Gasteiger partial charge in [-0.2, -0.15) is 26.7 Å². The number of aromatic carboxylic acids is 1. The fourth-order valence-corrected chi connectivity index (χ4v) is 7.32. The normalized spacial score (nSPS) is 17.1. The maximum atomic E-state index is 13.4. The van der Waals surface area contributed by atoms with Crippen LogP contribution in [0.25, 0.3) is 0 Å². The molecule has 0 bridgehead atoms. The number of aromatic nitrogens is 3. The van der Waals surface area contributed by atoms with Crippen LogP contribution in [0.2, 0.25) is 9.36 Å². The van der Waals surface area contributed by atoms with Gasteiger partial charge in [-0.1, -0.05) is 29.3 Å². The van der Waals surface area contributed by atoms with Crippen LogP contribution in [0.3, 0.4) is 0 Å². The first-order chi connectivity index (χ1) is 17.6. The fraction of sp³-hybridized carbons (Fsp3) is 0.364. The first kappa shape index (κ1) is 26.1. The van der Waals surface area contributed by atoms with Crippen molar-refractivity contribution in [3.8, 4) is 0 Å². The molecule has 0 unspecified atom stereocenters. The van der Waals surface area contributed by atoms with E-state index in [0.717, 1.165) is 22.4 Å². The number of anilines is 1. The van der Waals surface area contributed by atoms with Gasteiger partial charge < -0.3 is 10.4 Å². The predicted molar refractivity (Wildman–Crippen MR) is 139 cm³/mol. The van der Waals surface area contributed by atoms with Gasteiger partial charge in [-0.3, -0.25) is 4.79 Å². The second kappa shape index (κ2) is 10.3. The van der Waals surface area contributed by atoms with E-state index in [4.69, 9.17) is 23.2 Å². The number of carboxylic acids is 1. The molecular weight excluding hydrogens is 563 g/mol.